The molecule has 62 valence electrons. The highest BCUT2D eigenvalue weighted by molar-refractivity contribution is 7.89. The molecule has 0 saturated heterocycles. The topological polar surface area (TPSA) is 46.2 Å². The number of hydrogen-bond acceptors (Lipinski definition) is 2. The highest BCUT2D eigenvalue weighted by Crippen LogP contribution is 2.27. The lowest BCUT2D eigenvalue weighted by molar-refractivity contribution is 0.581. The van der Waals surface area contributed by atoms with Gasteiger partial charge in [-0.25, -0.2) is 13.1 Å². The predicted molar refractivity (Wildman–Crippen MR) is 43.3 cm³/mol. The van der Waals surface area contributed by atoms with E-state index in [9.17, 15) is 8.42 Å². The van der Waals surface area contributed by atoms with Gasteiger partial charge in [-0.1, -0.05) is 5.92 Å². The van der Waals surface area contributed by atoms with Crippen molar-refractivity contribution in [1.82, 2.24) is 4.72 Å². The summed E-state index contributed by atoms with van der Waals surface area (Å²) in [6.07, 6.45) is 7.14. The molecule has 4 heteroatoms. The van der Waals surface area contributed by atoms with Crippen molar-refractivity contribution in [3.63, 3.8) is 0 Å². The van der Waals surface area contributed by atoms with Gasteiger partial charge >= 0.3 is 0 Å². The fraction of sp³-hybridized carbons (Fsp3) is 0.714. The molecule has 1 aliphatic carbocycles. The number of terminal acetylenes is 1. The number of sulfonamides is 1. The van der Waals surface area contributed by atoms with Crippen LogP contribution in [0.4, 0.5) is 0 Å². The Morgan fingerprint density at radius 3 is 2.64 bits per heavy atom. The molecule has 3 nitrogen and oxygen atoms in total. The summed E-state index contributed by atoms with van der Waals surface area (Å²) in [4.78, 5) is 0. The first-order chi connectivity index (χ1) is 5.14. The average Bonchev–Trinajstić information content (AvgIpc) is 2.65. The molecule has 0 aliphatic heterocycles. The van der Waals surface area contributed by atoms with Crippen LogP contribution in [0.2, 0.25) is 0 Å². The first kappa shape index (κ1) is 8.57. The Balaban J connectivity index is 2.28. The number of hydrogen-bond donors (Lipinski definition) is 1. The Morgan fingerprint density at radius 1 is 1.55 bits per heavy atom. The Morgan fingerprint density at radius 2 is 2.18 bits per heavy atom. The summed E-state index contributed by atoms with van der Waals surface area (Å²) >= 11 is 0. The van der Waals surface area contributed by atoms with Crippen molar-refractivity contribution in [2.45, 2.75) is 12.8 Å². The van der Waals surface area contributed by atoms with E-state index in [1.165, 1.54) is 0 Å². The van der Waals surface area contributed by atoms with Crippen molar-refractivity contribution in [3.05, 3.63) is 0 Å². The average molecular weight is 173 g/mol. The van der Waals surface area contributed by atoms with E-state index >= 15 is 0 Å². The third-order valence-electron chi connectivity index (χ3n) is 1.56. The molecule has 1 saturated carbocycles. The number of nitrogens with one attached hydrogen (secondary N) is 1. The molecular formula is C7H11NO2S. The van der Waals surface area contributed by atoms with E-state index in [1.54, 1.807) is 0 Å². The van der Waals surface area contributed by atoms with Crippen LogP contribution in [0.1, 0.15) is 12.8 Å². The molecule has 1 fully saturated rings. The Kier molecular flexibility index (Phi) is 2.53. The van der Waals surface area contributed by atoms with Crippen molar-refractivity contribution in [2.75, 3.05) is 12.3 Å². The van der Waals surface area contributed by atoms with Gasteiger partial charge in [0.25, 0.3) is 0 Å². The van der Waals surface area contributed by atoms with Crippen LogP contribution < -0.4 is 4.72 Å². The largest absolute Gasteiger partial charge is 0.222 e. The quantitative estimate of drug-likeness (QED) is 0.606. The molecule has 0 aromatic rings. The smallest absolute Gasteiger partial charge is 0.214 e. The Bertz CT molecular complexity index is 259. The molecule has 0 amide bonds. The molecule has 0 unspecified atom stereocenters. The van der Waals surface area contributed by atoms with Gasteiger partial charge in [0.05, 0.1) is 0 Å². The molecule has 0 spiro atoms. The van der Waals surface area contributed by atoms with Crippen molar-refractivity contribution in [1.29, 1.82) is 0 Å². The van der Waals surface area contributed by atoms with Crippen LogP contribution in [0.5, 0.6) is 0 Å². The predicted octanol–water partition coefficient (Wildman–Crippen LogP) is -0.0510. The Labute approximate surface area is 67.2 Å². The van der Waals surface area contributed by atoms with Gasteiger partial charge in [0, 0.05) is 6.54 Å². The minimum absolute atomic E-state index is 0.209. The molecule has 1 aliphatic rings. The van der Waals surface area contributed by atoms with Gasteiger partial charge in [0.2, 0.25) is 10.0 Å². The summed E-state index contributed by atoms with van der Waals surface area (Å²) in [6.45, 7) is 0.560. The van der Waals surface area contributed by atoms with Crippen LogP contribution in [0.15, 0.2) is 0 Å². The van der Waals surface area contributed by atoms with Crippen molar-refractivity contribution >= 4 is 10.0 Å². The highest BCUT2D eigenvalue weighted by atomic mass is 32.2. The maximum atomic E-state index is 10.9. The van der Waals surface area contributed by atoms with Crippen LogP contribution in [-0.4, -0.2) is 20.7 Å². The van der Waals surface area contributed by atoms with Crippen LogP contribution in [0.3, 0.4) is 0 Å². The van der Waals surface area contributed by atoms with Crippen LogP contribution in [-0.2, 0) is 10.0 Å². The second-order valence-corrected chi connectivity index (χ2v) is 4.56. The summed E-state index contributed by atoms with van der Waals surface area (Å²) in [5.74, 6) is 2.45. The molecule has 0 heterocycles. The van der Waals surface area contributed by atoms with Gasteiger partial charge in [0.1, 0.15) is 5.75 Å². The maximum Gasteiger partial charge on any atom is 0.222 e. The first-order valence-corrected chi connectivity index (χ1v) is 5.20. The molecule has 0 bridgehead atoms. The zero-order valence-electron chi connectivity index (χ0n) is 6.21. The zero-order chi connectivity index (χ0) is 8.32. The second-order valence-electron chi connectivity index (χ2n) is 2.76. The first-order valence-electron chi connectivity index (χ1n) is 3.55. The summed E-state index contributed by atoms with van der Waals surface area (Å²) in [6, 6.07) is 0. The van der Waals surface area contributed by atoms with E-state index in [1.807, 2.05) is 0 Å². The Hall–Kier alpha value is -0.530. The molecule has 0 aromatic carbocycles. The van der Waals surface area contributed by atoms with E-state index in [0.29, 0.717) is 12.5 Å². The molecule has 1 N–H and O–H groups in total. The lowest BCUT2D eigenvalue weighted by Gasteiger charge is -2.00. The molecular weight excluding hydrogens is 162 g/mol. The van der Waals surface area contributed by atoms with Gasteiger partial charge < -0.3 is 0 Å². The van der Waals surface area contributed by atoms with Crippen LogP contribution >= 0.6 is 0 Å². The SMILES string of the molecule is C#CCS(=O)(=O)NCC1CC1. The van der Waals surface area contributed by atoms with Gasteiger partial charge in [-0.05, 0) is 18.8 Å². The molecule has 1 rings (SSSR count). The highest BCUT2D eigenvalue weighted by Gasteiger charge is 2.22. The molecule has 0 atom stereocenters. The van der Waals surface area contributed by atoms with Crippen molar-refractivity contribution < 1.29 is 8.42 Å². The van der Waals surface area contributed by atoms with E-state index < -0.39 is 10.0 Å². The third-order valence-corrected chi connectivity index (χ3v) is 2.72. The van der Waals surface area contributed by atoms with Crippen molar-refractivity contribution in [2.24, 2.45) is 5.92 Å². The molecule has 0 radical (unpaired) electrons. The van der Waals surface area contributed by atoms with Gasteiger partial charge in [-0.2, -0.15) is 0 Å². The minimum Gasteiger partial charge on any atom is -0.214 e. The molecule has 11 heavy (non-hydrogen) atoms. The summed E-state index contributed by atoms with van der Waals surface area (Å²) in [7, 11) is -3.17. The van der Waals surface area contributed by atoms with Crippen LogP contribution in [0.25, 0.3) is 0 Å². The van der Waals surface area contributed by atoms with E-state index in [-0.39, 0.29) is 5.75 Å². The molecule has 0 aromatic heterocycles. The fourth-order valence-electron chi connectivity index (χ4n) is 0.728. The van der Waals surface area contributed by atoms with Crippen LogP contribution in [0, 0.1) is 18.3 Å². The van der Waals surface area contributed by atoms with Gasteiger partial charge in [0.15, 0.2) is 0 Å². The van der Waals surface area contributed by atoms with Gasteiger partial charge in [-0.15, -0.1) is 6.42 Å². The lowest BCUT2D eigenvalue weighted by Crippen LogP contribution is -2.27. The summed E-state index contributed by atoms with van der Waals surface area (Å²) < 4.78 is 24.3. The monoisotopic (exact) mass is 173 g/mol. The summed E-state index contributed by atoms with van der Waals surface area (Å²) in [5.41, 5.74) is 0. The lowest BCUT2D eigenvalue weighted by atomic mass is 10.4. The summed E-state index contributed by atoms with van der Waals surface area (Å²) in [5, 5.41) is 0. The normalized spacial score (nSPS) is 17.7. The maximum absolute atomic E-state index is 10.9. The number of rotatable bonds is 4. The standard InChI is InChI=1S/C7H11NO2S/c1-2-5-11(9,10)8-6-7-3-4-7/h1,7-8H,3-6H2. The second kappa shape index (κ2) is 3.24. The van der Waals surface area contributed by atoms with Gasteiger partial charge in [-0.3, -0.25) is 0 Å². The third kappa shape index (κ3) is 3.40. The van der Waals surface area contributed by atoms with E-state index in [2.05, 4.69) is 10.6 Å². The van der Waals surface area contributed by atoms with E-state index in [0.717, 1.165) is 12.8 Å². The van der Waals surface area contributed by atoms with E-state index in [4.69, 9.17) is 6.42 Å². The van der Waals surface area contributed by atoms with Crippen molar-refractivity contribution in [3.8, 4) is 12.3 Å². The fourth-order valence-corrected chi connectivity index (χ4v) is 1.54. The minimum atomic E-state index is -3.17. The zero-order valence-corrected chi connectivity index (χ0v) is 7.02.